The average Bonchev–Trinajstić information content (AvgIpc) is 2.67. The van der Waals surface area contributed by atoms with Gasteiger partial charge in [0.25, 0.3) is 5.91 Å². The summed E-state index contributed by atoms with van der Waals surface area (Å²) in [7, 11) is 3.54. The fourth-order valence-electron chi connectivity index (χ4n) is 1.90. The van der Waals surface area contributed by atoms with Gasteiger partial charge in [-0.2, -0.15) is 0 Å². The van der Waals surface area contributed by atoms with E-state index in [1.54, 1.807) is 7.11 Å². The van der Waals surface area contributed by atoms with Crippen LogP contribution in [0, 0.1) is 0 Å². The van der Waals surface area contributed by atoms with Crippen molar-refractivity contribution >= 4 is 32.7 Å². The Labute approximate surface area is 114 Å². The molecule has 1 N–H and O–H groups in total. The van der Waals surface area contributed by atoms with E-state index in [2.05, 4.69) is 21.2 Å². The molecule has 1 heterocycles. The summed E-state index contributed by atoms with van der Waals surface area (Å²) in [5, 5.41) is 3.79. The largest absolute Gasteiger partial charge is 0.383 e. The van der Waals surface area contributed by atoms with Gasteiger partial charge in [0.15, 0.2) is 0 Å². The summed E-state index contributed by atoms with van der Waals surface area (Å²) < 4.78 is 7.86. The van der Waals surface area contributed by atoms with Crippen LogP contribution in [0.25, 0.3) is 10.9 Å². The molecule has 0 aliphatic carbocycles. The summed E-state index contributed by atoms with van der Waals surface area (Å²) in [4.78, 5) is 12.0. The highest BCUT2D eigenvalue weighted by Crippen LogP contribution is 2.24. The van der Waals surface area contributed by atoms with Crippen LogP contribution in [0.15, 0.2) is 28.9 Å². The van der Waals surface area contributed by atoms with Gasteiger partial charge in [-0.3, -0.25) is 4.79 Å². The predicted octanol–water partition coefficient (Wildman–Crippen LogP) is 2.32. The standard InChI is InChI=1S/C13H15BrN2O2/c1-16-8-11(13(17)15-5-6-18-2)10-4-3-9(14)7-12(10)16/h3-4,7-8H,5-6H2,1-2H3,(H,15,17). The Morgan fingerprint density at radius 3 is 3.00 bits per heavy atom. The molecule has 2 rings (SSSR count). The molecule has 4 nitrogen and oxygen atoms in total. The number of methoxy groups -OCH3 is 1. The summed E-state index contributed by atoms with van der Waals surface area (Å²) in [5.41, 5.74) is 1.72. The van der Waals surface area contributed by atoms with Crippen molar-refractivity contribution in [3.05, 3.63) is 34.4 Å². The van der Waals surface area contributed by atoms with Crippen LogP contribution in [0.4, 0.5) is 0 Å². The Balaban J connectivity index is 2.31. The van der Waals surface area contributed by atoms with Gasteiger partial charge < -0.3 is 14.6 Å². The number of carbonyl (C=O) groups is 1. The molecule has 0 bridgehead atoms. The molecule has 0 spiro atoms. The number of benzene rings is 1. The molecule has 0 saturated heterocycles. The van der Waals surface area contributed by atoms with Crippen molar-refractivity contribution in [3.8, 4) is 0 Å². The maximum atomic E-state index is 12.0. The van der Waals surface area contributed by atoms with Crippen molar-refractivity contribution in [3.63, 3.8) is 0 Å². The van der Waals surface area contributed by atoms with Crippen molar-refractivity contribution in [2.24, 2.45) is 7.05 Å². The van der Waals surface area contributed by atoms with E-state index < -0.39 is 0 Å². The summed E-state index contributed by atoms with van der Waals surface area (Å²) >= 11 is 3.43. The second kappa shape index (κ2) is 5.54. The highest BCUT2D eigenvalue weighted by Gasteiger charge is 2.13. The number of fused-ring (bicyclic) bond motifs is 1. The number of carbonyl (C=O) groups excluding carboxylic acids is 1. The number of rotatable bonds is 4. The summed E-state index contributed by atoms with van der Waals surface area (Å²) in [6.45, 7) is 1.03. The van der Waals surface area contributed by atoms with Crippen LogP contribution in [-0.4, -0.2) is 30.7 Å². The highest BCUT2D eigenvalue weighted by molar-refractivity contribution is 9.10. The fraction of sp³-hybridized carbons (Fsp3) is 0.308. The van der Waals surface area contributed by atoms with E-state index in [0.717, 1.165) is 15.4 Å². The van der Waals surface area contributed by atoms with Crippen molar-refractivity contribution in [1.82, 2.24) is 9.88 Å². The van der Waals surface area contributed by atoms with Gasteiger partial charge >= 0.3 is 0 Å². The van der Waals surface area contributed by atoms with Crippen LogP contribution in [0.5, 0.6) is 0 Å². The van der Waals surface area contributed by atoms with Crippen LogP contribution in [0.1, 0.15) is 10.4 Å². The molecule has 1 amide bonds. The summed E-state index contributed by atoms with van der Waals surface area (Å²) in [6.07, 6.45) is 1.85. The van der Waals surface area contributed by atoms with Crippen LogP contribution in [0.2, 0.25) is 0 Å². The van der Waals surface area contributed by atoms with Gasteiger partial charge in [-0.05, 0) is 12.1 Å². The van der Waals surface area contributed by atoms with Gasteiger partial charge in [-0.15, -0.1) is 0 Å². The van der Waals surface area contributed by atoms with Crippen molar-refractivity contribution in [2.45, 2.75) is 0 Å². The minimum absolute atomic E-state index is 0.0695. The molecule has 1 aromatic heterocycles. The van der Waals surface area contributed by atoms with Gasteiger partial charge in [-0.25, -0.2) is 0 Å². The van der Waals surface area contributed by atoms with Crippen LogP contribution >= 0.6 is 15.9 Å². The number of aryl methyl sites for hydroxylation is 1. The Hall–Kier alpha value is -1.33. The fourth-order valence-corrected chi connectivity index (χ4v) is 2.25. The molecule has 0 radical (unpaired) electrons. The number of nitrogens with zero attached hydrogens (tertiary/aromatic N) is 1. The molecule has 0 fully saturated rings. The normalized spacial score (nSPS) is 10.8. The third kappa shape index (κ3) is 2.57. The number of nitrogens with one attached hydrogen (secondary N) is 1. The molecule has 5 heteroatoms. The molecule has 96 valence electrons. The van der Waals surface area contributed by atoms with Crippen LogP contribution < -0.4 is 5.32 Å². The second-order valence-corrected chi connectivity index (χ2v) is 4.98. The molecular weight excluding hydrogens is 296 g/mol. The molecule has 1 aromatic carbocycles. The van der Waals surface area contributed by atoms with Gasteiger partial charge in [0.2, 0.25) is 0 Å². The Bertz CT molecular complexity index is 578. The van der Waals surface area contributed by atoms with E-state index in [1.807, 2.05) is 36.0 Å². The number of hydrogen-bond acceptors (Lipinski definition) is 2. The maximum Gasteiger partial charge on any atom is 0.253 e. The third-order valence-electron chi connectivity index (χ3n) is 2.79. The lowest BCUT2D eigenvalue weighted by Gasteiger charge is -2.03. The first-order valence-electron chi connectivity index (χ1n) is 5.65. The zero-order valence-electron chi connectivity index (χ0n) is 10.4. The van der Waals surface area contributed by atoms with Crippen molar-refractivity contribution in [1.29, 1.82) is 0 Å². The first-order valence-corrected chi connectivity index (χ1v) is 6.44. The predicted molar refractivity (Wildman–Crippen MR) is 74.8 cm³/mol. The van der Waals surface area contributed by atoms with E-state index >= 15 is 0 Å². The molecule has 0 atom stereocenters. The van der Waals surface area contributed by atoms with Crippen molar-refractivity contribution < 1.29 is 9.53 Å². The van der Waals surface area contributed by atoms with Gasteiger partial charge in [0.1, 0.15) is 0 Å². The van der Waals surface area contributed by atoms with E-state index in [4.69, 9.17) is 4.74 Å². The van der Waals surface area contributed by atoms with Gasteiger partial charge in [0.05, 0.1) is 12.2 Å². The van der Waals surface area contributed by atoms with Gasteiger partial charge in [0, 0.05) is 42.3 Å². The van der Waals surface area contributed by atoms with E-state index in [0.29, 0.717) is 18.7 Å². The first-order chi connectivity index (χ1) is 8.63. The molecule has 18 heavy (non-hydrogen) atoms. The molecule has 0 aliphatic heterocycles. The number of hydrogen-bond donors (Lipinski definition) is 1. The summed E-state index contributed by atoms with van der Waals surface area (Å²) in [6, 6.07) is 5.89. The van der Waals surface area contributed by atoms with Crippen LogP contribution in [-0.2, 0) is 11.8 Å². The number of aromatic nitrogens is 1. The summed E-state index contributed by atoms with van der Waals surface area (Å²) in [5.74, 6) is -0.0695. The van der Waals surface area contributed by atoms with Crippen LogP contribution in [0.3, 0.4) is 0 Å². The van der Waals surface area contributed by atoms with E-state index in [1.165, 1.54) is 0 Å². The Morgan fingerprint density at radius 2 is 2.28 bits per heavy atom. The Morgan fingerprint density at radius 1 is 1.50 bits per heavy atom. The minimum atomic E-state index is -0.0695. The lowest BCUT2D eigenvalue weighted by Crippen LogP contribution is -2.26. The zero-order valence-corrected chi connectivity index (χ0v) is 12.0. The molecule has 2 aromatic rings. The molecule has 0 aliphatic rings. The second-order valence-electron chi connectivity index (χ2n) is 4.06. The number of halogens is 1. The zero-order chi connectivity index (χ0) is 13.1. The molecule has 0 saturated carbocycles. The Kier molecular flexibility index (Phi) is 4.04. The minimum Gasteiger partial charge on any atom is -0.383 e. The average molecular weight is 311 g/mol. The maximum absolute atomic E-state index is 12.0. The smallest absolute Gasteiger partial charge is 0.253 e. The number of amides is 1. The SMILES string of the molecule is COCCNC(=O)c1cn(C)c2cc(Br)ccc12. The lowest BCUT2D eigenvalue weighted by molar-refractivity contribution is 0.0938. The van der Waals surface area contributed by atoms with E-state index in [-0.39, 0.29) is 5.91 Å². The topological polar surface area (TPSA) is 43.3 Å². The number of ether oxygens (including phenoxy) is 1. The molecular formula is C13H15BrN2O2. The lowest BCUT2D eigenvalue weighted by atomic mass is 10.1. The van der Waals surface area contributed by atoms with Crippen molar-refractivity contribution in [2.75, 3.05) is 20.3 Å². The third-order valence-corrected chi connectivity index (χ3v) is 3.28. The highest BCUT2D eigenvalue weighted by atomic mass is 79.9. The molecule has 0 unspecified atom stereocenters. The van der Waals surface area contributed by atoms with E-state index in [9.17, 15) is 4.79 Å². The quantitative estimate of drug-likeness (QED) is 0.881. The van der Waals surface area contributed by atoms with Gasteiger partial charge in [-0.1, -0.05) is 22.0 Å². The monoisotopic (exact) mass is 310 g/mol. The first kappa shape index (κ1) is 13.1.